The van der Waals surface area contributed by atoms with Crippen molar-refractivity contribution < 1.29 is 4.92 Å². The van der Waals surface area contributed by atoms with Crippen LogP contribution in [0.4, 0.5) is 11.4 Å². The summed E-state index contributed by atoms with van der Waals surface area (Å²) in [5, 5.41) is 10.8. The van der Waals surface area contributed by atoms with Crippen LogP contribution in [-0.4, -0.2) is 42.0 Å². The lowest BCUT2D eigenvalue weighted by atomic mass is 10.0. The molecule has 0 radical (unpaired) electrons. The van der Waals surface area contributed by atoms with Gasteiger partial charge in [0.25, 0.3) is 5.69 Å². The van der Waals surface area contributed by atoms with E-state index in [1.54, 1.807) is 12.1 Å². The molecule has 6 heteroatoms. The zero-order valence-electron chi connectivity index (χ0n) is 12.8. The Labute approximate surface area is 134 Å². The molecule has 116 valence electrons. The third-order valence-corrected chi connectivity index (χ3v) is 4.93. The molecular weight excluding hydrogens is 334 g/mol. The molecule has 1 aromatic rings. The molecule has 0 atom stereocenters. The van der Waals surface area contributed by atoms with Crippen molar-refractivity contribution in [3.05, 3.63) is 32.8 Å². The van der Waals surface area contributed by atoms with Crippen molar-refractivity contribution in [3.8, 4) is 0 Å². The maximum atomic E-state index is 10.8. The first kappa shape index (κ1) is 16.2. The second-order valence-electron chi connectivity index (χ2n) is 5.86. The van der Waals surface area contributed by atoms with Crippen LogP contribution >= 0.6 is 15.9 Å². The monoisotopic (exact) mass is 355 g/mol. The van der Waals surface area contributed by atoms with Crippen LogP contribution < -0.4 is 4.90 Å². The molecule has 1 saturated heterocycles. The van der Waals surface area contributed by atoms with E-state index >= 15 is 0 Å². The summed E-state index contributed by atoms with van der Waals surface area (Å²) in [6.07, 6.45) is 2.25. The Kier molecular flexibility index (Phi) is 5.22. The highest BCUT2D eigenvalue weighted by molar-refractivity contribution is 9.10. The summed E-state index contributed by atoms with van der Waals surface area (Å²) < 4.78 is 0.783. The fraction of sp³-hybridized carbons (Fsp3) is 0.600. The number of piperidine rings is 1. The molecule has 0 N–H and O–H groups in total. The van der Waals surface area contributed by atoms with Gasteiger partial charge in [0.2, 0.25) is 0 Å². The van der Waals surface area contributed by atoms with Crippen LogP contribution in [0.5, 0.6) is 0 Å². The first-order chi connectivity index (χ1) is 9.90. The number of nitro groups is 1. The van der Waals surface area contributed by atoms with E-state index in [0.717, 1.165) is 36.1 Å². The SMILES string of the molecule is CC(C)N1CCC(N(C)c2ccc([N+](=O)[O-])cc2Br)CC1. The van der Waals surface area contributed by atoms with Crippen LogP contribution in [-0.2, 0) is 0 Å². The first-order valence-corrected chi connectivity index (χ1v) is 8.10. The smallest absolute Gasteiger partial charge is 0.270 e. The van der Waals surface area contributed by atoms with E-state index in [1.165, 1.54) is 0 Å². The van der Waals surface area contributed by atoms with Crippen molar-refractivity contribution in [2.24, 2.45) is 0 Å². The quantitative estimate of drug-likeness (QED) is 0.610. The molecule has 21 heavy (non-hydrogen) atoms. The Morgan fingerprint density at radius 3 is 2.48 bits per heavy atom. The van der Waals surface area contributed by atoms with Crippen molar-refractivity contribution >= 4 is 27.3 Å². The van der Waals surface area contributed by atoms with Gasteiger partial charge in [-0.2, -0.15) is 0 Å². The predicted molar refractivity (Wildman–Crippen MR) is 88.9 cm³/mol. The van der Waals surface area contributed by atoms with Gasteiger partial charge in [0.1, 0.15) is 0 Å². The van der Waals surface area contributed by atoms with Gasteiger partial charge in [-0.3, -0.25) is 10.1 Å². The third kappa shape index (κ3) is 3.74. The molecule has 1 heterocycles. The lowest BCUT2D eigenvalue weighted by Crippen LogP contribution is -2.45. The standard InChI is InChI=1S/C15H22BrN3O2/c1-11(2)18-8-6-12(7-9-18)17(3)15-5-4-13(19(20)21)10-14(15)16/h4-5,10-12H,6-9H2,1-3H3. The minimum Gasteiger partial charge on any atom is -0.371 e. The topological polar surface area (TPSA) is 49.6 Å². The van der Waals surface area contributed by atoms with Gasteiger partial charge in [-0.05, 0) is 48.7 Å². The highest BCUT2D eigenvalue weighted by Crippen LogP contribution is 2.32. The zero-order valence-corrected chi connectivity index (χ0v) is 14.3. The number of likely N-dealkylation sites (tertiary alicyclic amines) is 1. The maximum Gasteiger partial charge on any atom is 0.270 e. The molecular formula is C15H22BrN3O2. The Hall–Kier alpha value is -1.14. The Morgan fingerprint density at radius 1 is 1.38 bits per heavy atom. The number of nitro benzene ring substituents is 1. The molecule has 5 nitrogen and oxygen atoms in total. The van der Waals surface area contributed by atoms with Gasteiger partial charge in [-0.1, -0.05) is 0 Å². The summed E-state index contributed by atoms with van der Waals surface area (Å²) in [6.45, 7) is 6.68. The van der Waals surface area contributed by atoms with E-state index in [-0.39, 0.29) is 10.6 Å². The normalized spacial score (nSPS) is 17.2. The van der Waals surface area contributed by atoms with Gasteiger partial charge in [0.15, 0.2) is 0 Å². The number of benzene rings is 1. The maximum absolute atomic E-state index is 10.8. The minimum absolute atomic E-state index is 0.119. The average molecular weight is 356 g/mol. The number of hydrogen-bond donors (Lipinski definition) is 0. The van der Waals surface area contributed by atoms with Gasteiger partial charge in [-0.25, -0.2) is 0 Å². The second-order valence-corrected chi connectivity index (χ2v) is 6.72. The minimum atomic E-state index is -0.365. The van der Waals surface area contributed by atoms with E-state index < -0.39 is 0 Å². The molecule has 1 fully saturated rings. The Bertz CT molecular complexity index is 514. The summed E-state index contributed by atoms with van der Waals surface area (Å²) in [4.78, 5) is 15.2. The molecule has 1 aliphatic rings. The van der Waals surface area contributed by atoms with Crippen LogP contribution in [0.1, 0.15) is 26.7 Å². The fourth-order valence-electron chi connectivity index (χ4n) is 2.88. The molecule has 0 unspecified atom stereocenters. The van der Waals surface area contributed by atoms with Crippen molar-refractivity contribution in [1.82, 2.24) is 4.90 Å². The lowest BCUT2D eigenvalue weighted by Gasteiger charge is -2.39. The van der Waals surface area contributed by atoms with Crippen LogP contribution in [0.25, 0.3) is 0 Å². The van der Waals surface area contributed by atoms with Gasteiger partial charge >= 0.3 is 0 Å². The number of anilines is 1. The molecule has 0 amide bonds. The Morgan fingerprint density at radius 2 is 2.00 bits per heavy atom. The second kappa shape index (κ2) is 6.75. The van der Waals surface area contributed by atoms with Gasteiger partial charge in [0.05, 0.1) is 10.6 Å². The number of halogens is 1. The third-order valence-electron chi connectivity index (χ3n) is 4.30. The highest BCUT2D eigenvalue weighted by atomic mass is 79.9. The zero-order chi connectivity index (χ0) is 15.6. The molecule has 0 saturated carbocycles. The molecule has 1 aromatic carbocycles. The van der Waals surface area contributed by atoms with Gasteiger partial charge in [-0.15, -0.1) is 0 Å². The molecule has 0 bridgehead atoms. The highest BCUT2D eigenvalue weighted by Gasteiger charge is 2.25. The van der Waals surface area contributed by atoms with Crippen molar-refractivity contribution in [1.29, 1.82) is 0 Å². The average Bonchev–Trinajstić information content (AvgIpc) is 2.46. The number of rotatable bonds is 4. The van der Waals surface area contributed by atoms with Crippen LogP contribution in [0.2, 0.25) is 0 Å². The summed E-state index contributed by atoms with van der Waals surface area (Å²) in [5.41, 5.74) is 1.14. The molecule has 1 aliphatic heterocycles. The Balaban J connectivity index is 2.07. The molecule has 0 spiro atoms. The van der Waals surface area contributed by atoms with Crippen molar-refractivity contribution in [3.63, 3.8) is 0 Å². The van der Waals surface area contributed by atoms with Crippen LogP contribution in [0.15, 0.2) is 22.7 Å². The fourth-order valence-corrected chi connectivity index (χ4v) is 3.53. The largest absolute Gasteiger partial charge is 0.371 e. The van der Waals surface area contributed by atoms with Crippen LogP contribution in [0, 0.1) is 10.1 Å². The van der Waals surface area contributed by atoms with Gasteiger partial charge in [0, 0.05) is 48.8 Å². The summed E-state index contributed by atoms with van der Waals surface area (Å²) >= 11 is 3.46. The molecule has 0 aliphatic carbocycles. The number of non-ortho nitro benzene ring substituents is 1. The lowest BCUT2D eigenvalue weighted by molar-refractivity contribution is -0.384. The number of hydrogen-bond acceptors (Lipinski definition) is 4. The van der Waals surface area contributed by atoms with E-state index in [2.05, 4.69) is 46.6 Å². The first-order valence-electron chi connectivity index (χ1n) is 7.31. The molecule has 0 aromatic heterocycles. The molecule has 2 rings (SSSR count). The van der Waals surface area contributed by atoms with Gasteiger partial charge < -0.3 is 9.80 Å². The van der Waals surface area contributed by atoms with Crippen molar-refractivity contribution in [2.75, 3.05) is 25.0 Å². The van der Waals surface area contributed by atoms with E-state index in [9.17, 15) is 10.1 Å². The van der Waals surface area contributed by atoms with E-state index in [4.69, 9.17) is 0 Å². The van der Waals surface area contributed by atoms with E-state index in [1.807, 2.05) is 6.07 Å². The summed E-state index contributed by atoms with van der Waals surface area (Å²) in [5.74, 6) is 0. The summed E-state index contributed by atoms with van der Waals surface area (Å²) in [6, 6.07) is 6.06. The number of nitrogens with zero attached hydrogens (tertiary/aromatic N) is 3. The van der Waals surface area contributed by atoms with E-state index in [0.29, 0.717) is 12.1 Å². The van der Waals surface area contributed by atoms with Crippen molar-refractivity contribution in [2.45, 2.75) is 38.8 Å². The van der Waals surface area contributed by atoms with Crippen LogP contribution in [0.3, 0.4) is 0 Å². The summed E-state index contributed by atoms with van der Waals surface area (Å²) in [7, 11) is 2.07. The predicted octanol–water partition coefficient (Wildman–Crippen LogP) is 3.67.